The van der Waals surface area contributed by atoms with Gasteiger partial charge in [-0.05, 0) is 0 Å². The topological polar surface area (TPSA) is 48.7 Å². The number of ether oxygens (including phenoxy) is 2. The molecule has 186 valence electrons. The van der Waals surface area contributed by atoms with E-state index in [4.69, 9.17) is 13.9 Å². The first-order chi connectivity index (χ1) is 15.8. The molecule has 1 aromatic heterocycles. The van der Waals surface area contributed by atoms with Crippen molar-refractivity contribution in [1.29, 1.82) is 0 Å². The van der Waals surface area contributed by atoms with Gasteiger partial charge in [-0.25, -0.2) is 0 Å². The van der Waals surface area contributed by atoms with Crippen molar-refractivity contribution in [3.8, 4) is 5.95 Å². The van der Waals surface area contributed by atoms with E-state index in [0.717, 1.165) is 6.42 Å². The average molecular weight is 565 g/mol. The van der Waals surface area contributed by atoms with Crippen LogP contribution < -0.4 is 10.2 Å². The van der Waals surface area contributed by atoms with Crippen LogP contribution in [0.25, 0.3) is 0 Å². The second-order valence-electron chi connectivity index (χ2n) is 9.90. The molecule has 2 heterocycles. The minimum absolute atomic E-state index is 0.0214. The van der Waals surface area contributed by atoms with E-state index in [9.17, 15) is 4.79 Å². The van der Waals surface area contributed by atoms with E-state index in [2.05, 4.69) is 37.9 Å². The van der Waals surface area contributed by atoms with Gasteiger partial charge < -0.3 is 0 Å². The zero-order valence-corrected chi connectivity index (χ0v) is 25.0. The van der Waals surface area contributed by atoms with Crippen LogP contribution in [0.2, 0.25) is 13.3 Å². The van der Waals surface area contributed by atoms with Gasteiger partial charge in [0.15, 0.2) is 0 Å². The molecule has 0 amide bonds. The van der Waals surface area contributed by atoms with E-state index >= 15 is 0 Å². The number of hydrogen-bond acceptors (Lipinski definition) is 4. The molecule has 1 saturated heterocycles. The molecular weight excluding hydrogens is 519 g/mol. The van der Waals surface area contributed by atoms with Crippen molar-refractivity contribution in [3.05, 3.63) is 48.4 Å². The molecule has 0 bridgehead atoms. The van der Waals surface area contributed by atoms with E-state index in [-0.39, 0.29) is 11.5 Å². The van der Waals surface area contributed by atoms with Crippen LogP contribution in [0.1, 0.15) is 95.6 Å². The number of methoxy groups -OCH3 is 1. The maximum atomic E-state index is 12.6. The van der Waals surface area contributed by atoms with Crippen molar-refractivity contribution < 1.29 is 13.9 Å². The number of hydrogen-bond donors (Lipinski definition) is 0. The number of allylic oxidation sites excluding steroid dienone is 2. The van der Waals surface area contributed by atoms with E-state index in [1.807, 2.05) is 6.92 Å². The summed E-state index contributed by atoms with van der Waals surface area (Å²) in [6.45, 7) is 13.4. The van der Waals surface area contributed by atoms with E-state index in [1.54, 1.807) is 6.92 Å². The van der Waals surface area contributed by atoms with Crippen LogP contribution in [0.3, 0.4) is 0 Å². The molecule has 4 nitrogen and oxygen atoms in total. The summed E-state index contributed by atoms with van der Waals surface area (Å²) in [5.41, 5.74) is 3.83. The second kappa shape index (κ2) is 13.8. The van der Waals surface area contributed by atoms with E-state index in [0.29, 0.717) is 29.4 Å². The number of unbranched alkanes of at least 4 members (excludes halogenated alkanes) is 3. The zero-order chi connectivity index (χ0) is 24.4. The SMILES string of the molecule is CCC[CH2][Sn](/[CH]=C(C)\C=C1/CO[C@@H](c2oc(OC)c(C)c(=O)c2C)C1)([CH2]CCC)[CH2]CCC. The van der Waals surface area contributed by atoms with Crippen LogP contribution in [0.5, 0.6) is 5.95 Å². The third-order valence-electron chi connectivity index (χ3n) is 7.01. The van der Waals surface area contributed by atoms with Crippen LogP contribution in [0.15, 0.2) is 30.5 Å². The van der Waals surface area contributed by atoms with Crippen molar-refractivity contribution in [2.24, 2.45) is 0 Å². The van der Waals surface area contributed by atoms with E-state index in [1.165, 1.54) is 70.1 Å². The first kappa shape index (κ1) is 28.2. The Balaban J connectivity index is 2.27. The maximum absolute atomic E-state index is 12.6. The van der Waals surface area contributed by atoms with Gasteiger partial charge in [0.2, 0.25) is 0 Å². The van der Waals surface area contributed by atoms with Gasteiger partial charge in [-0.2, -0.15) is 0 Å². The summed E-state index contributed by atoms with van der Waals surface area (Å²) in [4.78, 5) is 12.6. The van der Waals surface area contributed by atoms with Gasteiger partial charge in [-0.3, -0.25) is 0 Å². The summed E-state index contributed by atoms with van der Waals surface area (Å²) in [6, 6.07) is 0. The molecule has 1 aromatic rings. The molecule has 0 aromatic carbocycles. The Kier molecular flexibility index (Phi) is 11.8. The minimum atomic E-state index is -2.32. The van der Waals surface area contributed by atoms with Crippen LogP contribution in [-0.2, 0) is 4.74 Å². The van der Waals surface area contributed by atoms with Gasteiger partial charge in [-0.15, -0.1) is 0 Å². The predicted octanol–water partition coefficient (Wildman–Crippen LogP) is 7.99. The van der Waals surface area contributed by atoms with E-state index < -0.39 is 18.4 Å². The Morgan fingerprint density at radius 1 is 1.03 bits per heavy atom. The van der Waals surface area contributed by atoms with Crippen LogP contribution in [0, 0.1) is 13.8 Å². The zero-order valence-electron chi connectivity index (χ0n) is 22.1. The molecule has 33 heavy (non-hydrogen) atoms. The van der Waals surface area contributed by atoms with Gasteiger partial charge in [-0.1, -0.05) is 0 Å². The Hall–Kier alpha value is -1.01. The Morgan fingerprint density at radius 3 is 2.12 bits per heavy atom. The van der Waals surface area contributed by atoms with Gasteiger partial charge in [0.1, 0.15) is 0 Å². The molecular formula is C28H46O4Sn. The first-order valence-corrected chi connectivity index (χ1v) is 20.7. The van der Waals surface area contributed by atoms with Crippen molar-refractivity contribution in [1.82, 2.24) is 0 Å². The molecule has 0 unspecified atom stereocenters. The van der Waals surface area contributed by atoms with Gasteiger partial charge in [0.25, 0.3) is 0 Å². The molecule has 0 N–H and O–H groups in total. The number of rotatable bonds is 13. The predicted molar refractivity (Wildman–Crippen MR) is 141 cm³/mol. The molecule has 1 aliphatic rings. The molecule has 0 saturated carbocycles. The monoisotopic (exact) mass is 566 g/mol. The molecule has 1 fully saturated rings. The Morgan fingerprint density at radius 2 is 1.61 bits per heavy atom. The molecule has 0 aliphatic carbocycles. The molecule has 0 spiro atoms. The molecule has 0 radical (unpaired) electrons. The normalized spacial score (nSPS) is 18.3. The average Bonchev–Trinajstić information content (AvgIpc) is 3.26. The molecule has 5 heteroatoms. The Labute approximate surface area is 205 Å². The van der Waals surface area contributed by atoms with Crippen LogP contribution in [0.4, 0.5) is 0 Å². The fourth-order valence-corrected chi connectivity index (χ4v) is 20.5. The van der Waals surface area contributed by atoms with Crippen molar-refractivity contribution >= 4 is 18.4 Å². The third-order valence-corrected chi connectivity index (χ3v) is 21.6. The quantitative estimate of drug-likeness (QED) is 0.228. The fraction of sp³-hybridized carbons (Fsp3) is 0.679. The summed E-state index contributed by atoms with van der Waals surface area (Å²) < 4.78 is 24.5. The van der Waals surface area contributed by atoms with Crippen LogP contribution >= 0.6 is 0 Å². The standard InChI is InChI=1S/C16H19O4.3C4H9.Sn/c1-9(2)6-12-7-13(19-8-12)15-10(3)14(17)11(4)16(18-5)20-15;3*1-3-4-2;/h1,6,13H,7-8H2,2-5H3;3*1,3-4H2,2H3;/b9-1?,12-6-;;;;/t13-;;;;/m1..../s1. The van der Waals surface area contributed by atoms with Crippen LogP contribution in [-0.4, -0.2) is 32.1 Å². The fourth-order valence-electron chi connectivity index (χ4n) is 5.10. The summed E-state index contributed by atoms with van der Waals surface area (Å²) in [5, 5.41) is 0. The third kappa shape index (κ3) is 7.74. The summed E-state index contributed by atoms with van der Waals surface area (Å²) in [7, 11) is 1.53. The van der Waals surface area contributed by atoms with Crippen molar-refractivity contribution in [2.75, 3.05) is 13.7 Å². The second-order valence-corrected chi connectivity index (χ2v) is 22.8. The van der Waals surface area contributed by atoms with Crippen molar-refractivity contribution in [3.63, 3.8) is 0 Å². The Bertz CT molecular complexity index is 859. The molecule has 1 atom stereocenters. The molecule has 2 rings (SSSR count). The first-order valence-electron chi connectivity index (χ1n) is 13.0. The van der Waals surface area contributed by atoms with Gasteiger partial charge in [0.05, 0.1) is 0 Å². The summed E-state index contributed by atoms with van der Waals surface area (Å²) in [6.07, 6.45) is 10.9. The molecule has 1 aliphatic heterocycles. The van der Waals surface area contributed by atoms with Gasteiger partial charge >= 0.3 is 206 Å². The van der Waals surface area contributed by atoms with Gasteiger partial charge in [0, 0.05) is 0 Å². The summed E-state index contributed by atoms with van der Waals surface area (Å²) in [5.74, 6) is 0.897. The summed E-state index contributed by atoms with van der Waals surface area (Å²) >= 11 is -2.32. The van der Waals surface area contributed by atoms with Crippen molar-refractivity contribution in [2.45, 2.75) is 106 Å².